The van der Waals surface area contributed by atoms with Gasteiger partial charge in [0.15, 0.2) is 0 Å². The molecule has 0 saturated heterocycles. The predicted molar refractivity (Wildman–Crippen MR) is 110 cm³/mol. The maximum absolute atomic E-state index is 10.3. The van der Waals surface area contributed by atoms with Crippen molar-refractivity contribution in [1.82, 2.24) is 0 Å². The highest BCUT2D eigenvalue weighted by atomic mass is 16.3. The SMILES string of the molecule is C[C@H](CC(C)(C)O)[C@H]1CC[C@@H]2/C(=C/C=C3C[C@@H](O)C[C@H](O)C3)CCC[C@@]21C. The van der Waals surface area contributed by atoms with Crippen molar-refractivity contribution in [1.29, 1.82) is 0 Å². The Morgan fingerprint density at radius 3 is 2.44 bits per heavy atom. The summed E-state index contributed by atoms with van der Waals surface area (Å²) >= 11 is 0. The Balaban J connectivity index is 1.75. The van der Waals surface area contributed by atoms with Gasteiger partial charge in [-0.1, -0.05) is 37.1 Å². The van der Waals surface area contributed by atoms with Gasteiger partial charge < -0.3 is 15.3 Å². The van der Waals surface area contributed by atoms with Crippen LogP contribution in [0.2, 0.25) is 0 Å². The molecule has 3 aliphatic carbocycles. The summed E-state index contributed by atoms with van der Waals surface area (Å²) in [6, 6.07) is 0. The van der Waals surface area contributed by atoms with Crippen molar-refractivity contribution >= 4 is 0 Å². The molecule has 3 aliphatic rings. The average molecular weight is 377 g/mol. The molecule has 27 heavy (non-hydrogen) atoms. The zero-order chi connectivity index (χ0) is 19.8. The van der Waals surface area contributed by atoms with Crippen LogP contribution in [-0.2, 0) is 0 Å². The molecule has 3 saturated carbocycles. The van der Waals surface area contributed by atoms with Crippen LogP contribution in [0, 0.1) is 23.2 Å². The molecule has 6 atom stereocenters. The molecule has 0 radical (unpaired) electrons. The van der Waals surface area contributed by atoms with Crippen LogP contribution >= 0.6 is 0 Å². The minimum atomic E-state index is -0.589. The predicted octanol–water partition coefficient (Wildman–Crippen LogP) is 4.76. The number of fused-ring (bicyclic) bond motifs is 1. The number of rotatable bonds is 4. The first kappa shape index (κ1) is 21.1. The van der Waals surface area contributed by atoms with Gasteiger partial charge in [-0.2, -0.15) is 0 Å². The standard InChI is InChI=1S/C24H40O3/c1-16(15-23(2,3)27)21-9-10-22-18(6-5-11-24(21,22)4)8-7-17-12-19(25)14-20(26)13-17/h7-8,16,19-22,25-27H,5-6,9-15H2,1-4H3/b18-8+/t16-,19-,20-,21-,22-,24-/m1/s1. The van der Waals surface area contributed by atoms with Crippen molar-refractivity contribution in [2.75, 3.05) is 0 Å². The van der Waals surface area contributed by atoms with E-state index in [1.54, 1.807) is 5.57 Å². The monoisotopic (exact) mass is 376 g/mol. The lowest BCUT2D eigenvalue weighted by Gasteiger charge is -2.45. The van der Waals surface area contributed by atoms with E-state index in [9.17, 15) is 15.3 Å². The van der Waals surface area contributed by atoms with E-state index < -0.39 is 17.8 Å². The molecule has 154 valence electrons. The third kappa shape index (κ3) is 4.86. The Labute approximate surface area is 165 Å². The van der Waals surface area contributed by atoms with E-state index in [4.69, 9.17) is 0 Å². The molecular weight excluding hydrogens is 336 g/mol. The van der Waals surface area contributed by atoms with Crippen LogP contribution in [-0.4, -0.2) is 33.1 Å². The largest absolute Gasteiger partial charge is 0.393 e. The number of hydrogen-bond donors (Lipinski definition) is 3. The first-order valence-electron chi connectivity index (χ1n) is 11.1. The second-order valence-electron chi connectivity index (χ2n) is 10.6. The van der Waals surface area contributed by atoms with Crippen LogP contribution in [0.1, 0.15) is 85.5 Å². The normalized spacial score (nSPS) is 40.1. The Kier molecular flexibility index (Phi) is 6.25. The van der Waals surface area contributed by atoms with Crippen molar-refractivity contribution < 1.29 is 15.3 Å². The maximum Gasteiger partial charge on any atom is 0.0602 e. The smallest absolute Gasteiger partial charge is 0.0602 e. The Bertz CT molecular complexity index is 573. The molecule has 0 bridgehead atoms. The van der Waals surface area contributed by atoms with Gasteiger partial charge in [-0.15, -0.1) is 0 Å². The lowest BCUT2D eigenvalue weighted by Crippen LogP contribution is -2.37. The third-order valence-corrected chi connectivity index (χ3v) is 7.62. The summed E-state index contributed by atoms with van der Waals surface area (Å²) in [5, 5.41) is 30.1. The highest BCUT2D eigenvalue weighted by molar-refractivity contribution is 5.26. The molecule has 0 aliphatic heterocycles. The van der Waals surface area contributed by atoms with Gasteiger partial charge in [-0.3, -0.25) is 0 Å². The van der Waals surface area contributed by atoms with Crippen molar-refractivity contribution in [3.05, 3.63) is 23.3 Å². The maximum atomic E-state index is 10.3. The molecule has 3 heteroatoms. The van der Waals surface area contributed by atoms with E-state index in [0.717, 1.165) is 6.42 Å². The quantitative estimate of drug-likeness (QED) is 0.663. The average Bonchev–Trinajstić information content (AvgIpc) is 2.88. The molecule has 0 aromatic heterocycles. The summed E-state index contributed by atoms with van der Waals surface area (Å²) in [7, 11) is 0. The van der Waals surface area contributed by atoms with Crippen molar-refractivity contribution in [3.8, 4) is 0 Å². The first-order chi connectivity index (χ1) is 12.6. The zero-order valence-corrected chi connectivity index (χ0v) is 17.7. The van der Waals surface area contributed by atoms with Crippen LogP contribution in [0.4, 0.5) is 0 Å². The fourth-order valence-corrected chi connectivity index (χ4v) is 6.67. The van der Waals surface area contributed by atoms with E-state index in [1.165, 1.54) is 37.7 Å². The van der Waals surface area contributed by atoms with Gasteiger partial charge in [0.1, 0.15) is 0 Å². The summed E-state index contributed by atoms with van der Waals surface area (Å²) in [5.41, 5.74) is 2.52. The topological polar surface area (TPSA) is 60.7 Å². The highest BCUT2D eigenvalue weighted by Gasteiger charge is 2.51. The van der Waals surface area contributed by atoms with Gasteiger partial charge >= 0.3 is 0 Å². The third-order valence-electron chi connectivity index (χ3n) is 7.62. The van der Waals surface area contributed by atoms with Gasteiger partial charge in [0, 0.05) is 0 Å². The summed E-state index contributed by atoms with van der Waals surface area (Å²) in [4.78, 5) is 0. The van der Waals surface area contributed by atoms with Crippen molar-refractivity contribution in [2.24, 2.45) is 23.2 Å². The summed E-state index contributed by atoms with van der Waals surface area (Å²) < 4.78 is 0. The second kappa shape index (κ2) is 8.00. The van der Waals surface area contributed by atoms with Crippen LogP contribution in [0.5, 0.6) is 0 Å². The summed E-state index contributed by atoms with van der Waals surface area (Å²) in [5.74, 6) is 1.88. The van der Waals surface area contributed by atoms with Gasteiger partial charge in [-0.25, -0.2) is 0 Å². The van der Waals surface area contributed by atoms with Gasteiger partial charge in [-0.05, 0) is 94.8 Å². The molecule has 3 fully saturated rings. The first-order valence-corrected chi connectivity index (χ1v) is 11.1. The Hall–Kier alpha value is -0.640. The molecular formula is C24H40O3. The Morgan fingerprint density at radius 1 is 1.15 bits per heavy atom. The molecule has 0 aromatic carbocycles. The van der Waals surface area contributed by atoms with Gasteiger partial charge in [0.05, 0.1) is 17.8 Å². The number of aliphatic hydroxyl groups excluding tert-OH is 2. The highest BCUT2D eigenvalue weighted by Crippen LogP contribution is 2.60. The molecule has 3 nitrogen and oxygen atoms in total. The molecule has 0 aromatic rings. The zero-order valence-electron chi connectivity index (χ0n) is 17.7. The van der Waals surface area contributed by atoms with Crippen molar-refractivity contribution in [2.45, 2.75) is 103 Å². The minimum absolute atomic E-state index is 0.346. The number of aliphatic hydroxyl groups is 3. The van der Waals surface area contributed by atoms with E-state index in [2.05, 4.69) is 26.0 Å². The van der Waals surface area contributed by atoms with Crippen LogP contribution in [0.15, 0.2) is 23.3 Å². The second-order valence-corrected chi connectivity index (χ2v) is 10.6. The minimum Gasteiger partial charge on any atom is -0.393 e. The van der Waals surface area contributed by atoms with Crippen LogP contribution < -0.4 is 0 Å². The summed E-state index contributed by atoms with van der Waals surface area (Å²) in [6.07, 6.45) is 12.8. The fraction of sp³-hybridized carbons (Fsp3) is 0.833. The number of allylic oxidation sites excluding steroid dienone is 3. The Morgan fingerprint density at radius 2 is 1.81 bits per heavy atom. The molecule has 0 heterocycles. The summed E-state index contributed by atoms with van der Waals surface area (Å²) in [6.45, 7) is 8.69. The molecule has 0 amide bonds. The van der Waals surface area contributed by atoms with E-state index in [-0.39, 0.29) is 0 Å². The molecule has 0 spiro atoms. The van der Waals surface area contributed by atoms with Crippen molar-refractivity contribution in [3.63, 3.8) is 0 Å². The lowest BCUT2D eigenvalue weighted by molar-refractivity contribution is 0.0192. The van der Waals surface area contributed by atoms with E-state index in [1.807, 2.05) is 13.8 Å². The fourth-order valence-electron chi connectivity index (χ4n) is 6.67. The molecule has 3 rings (SSSR count). The van der Waals surface area contributed by atoms with E-state index >= 15 is 0 Å². The van der Waals surface area contributed by atoms with Crippen LogP contribution in [0.3, 0.4) is 0 Å². The molecule has 0 unspecified atom stereocenters. The van der Waals surface area contributed by atoms with Gasteiger partial charge in [0.2, 0.25) is 0 Å². The lowest BCUT2D eigenvalue weighted by atomic mass is 9.60. The van der Waals surface area contributed by atoms with E-state index in [0.29, 0.717) is 42.4 Å². The van der Waals surface area contributed by atoms with Crippen LogP contribution in [0.25, 0.3) is 0 Å². The molecule has 3 N–H and O–H groups in total. The number of hydrogen-bond acceptors (Lipinski definition) is 3. The van der Waals surface area contributed by atoms with Gasteiger partial charge in [0.25, 0.3) is 0 Å².